The van der Waals surface area contributed by atoms with Crippen molar-refractivity contribution in [3.8, 4) is 11.5 Å². The van der Waals surface area contributed by atoms with E-state index in [4.69, 9.17) is 14.2 Å². The van der Waals surface area contributed by atoms with E-state index >= 15 is 0 Å². The number of methoxy groups -OCH3 is 1. The van der Waals surface area contributed by atoms with Gasteiger partial charge in [0, 0.05) is 31.2 Å². The number of anilines is 1. The van der Waals surface area contributed by atoms with Gasteiger partial charge < -0.3 is 31.1 Å². The van der Waals surface area contributed by atoms with Gasteiger partial charge in [0.2, 0.25) is 0 Å². The molecule has 6 nitrogen and oxygen atoms in total. The summed E-state index contributed by atoms with van der Waals surface area (Å²) < 4.78 is 46.4. The molecule has 9 heteroatoms. The Morgan fingerprint density at radius 1 is 0.975 bits per heavy atom. The summed E-state index contributed by atoms with van der Waals surface area (Å²) in [6.07, 6.45) is 2.05. The SMILES string of the molecule is COc1cccc(OCCC[N+]23CCC(CC2)[C@@H](OC(=O)N(Cc2ccc(F)cc2)c2ccccc2F)C3)c1.[Cl-]. The summed E-state index contributed by atoms with van der Waals surface area (Å²) in [7, 11) is 1.64. The summed E-state index contributed by atoms with van der Waals surface area (Å²) >= 11 is 0. The molecule has 0 radical (unpaired) electrons. The van der Waals surface area contributed by atoms with Gasteiger partial charge in [0.1, 0.15) is 29.7 Å². The van der Waals surface area contributed by atoms with Crippen molar-refractivity contribution in [2.45, 2.75) is 31.9 Å². The molecule has 3 aromatic carbocycles. The van der Waals surface area contributed by atoms with Crippen LogP contribution in [0, 0.1) is 17.6 Å². The summed E-state index contributed by atoms with van der Waals surface area (Å²) in [5.74, 6) is 0.975. The summed E-state index contributed by atoms with van der Waals surface area (Å²) in [5, 5.41) is 0. The molecule has 3 aliphatic rings. The lowest BCUT2D eigenvalue weighted by Gasteiger charge is -2.52. The third-order valence-electron chi connectivity index (χ3n) is 8.00. The molecule has 1 atom stereocenters. The standard InChI is InChI=1S/C31H35F2N2O4.ClH/c1-37-26-6-4-7-27(20-26)38-19-5-16-35-17-14-24(15-18-35)30(22-35)39-31(36)34(29-9-3-2-8-28(29)33)21-23-10-12-25(32)13-11-23;/h2-4,6-13,20,24,30H,5,14-19,21-22H2,1H3;1H/q+1;/p-1/t24?,30-,35?;/m0./s1. The highest BCUT2D eigenvalue weighted by Gasteiger charge is 2.47. The summed E-state index contributed by atoms with van der Waals surface area (Å²) in [4.78, 5) is 14.8. The first-order chi connectivity index (χ1) is 18.9. The molecule has 2 bridgehead atoms. The number of hydrogen-bond acceptors (Lipinski definition) is 4. The minimum Gasteiger partial charge on any atom is -1.00 e. The van der Waals surface area contributed by atoms with E-state index in [1.165, 1.54) is 23.1 Å². The normalized spacial score (nSPS) is 21.3. The maximum Gasteiger partial charge on any atom is 0.415 e. The van der Waals surface area contributed by atoms with E-state index in [0.29, 0.717) is 18.1 Å². The number of ether oxygens (including phenoxy) is 3. The van der Waals surface area contributed by atoms with Crippen LogP contribution in [0.1, 0.15) is 24.8 Å². The Morgan fingerprint density at radius 3 is 2.42 bits per heavy atom. The number of nitrogens with zero attached hydrogens (tertiary/aromatic N) is 2. The van der Waals surface area contributed by atoms with Crippen LogP contribution in [0.15, 0.2) is 72.8 Å². The van der Waals surface area contributed by atoms with E-state index in [2.05, 4.69) is 0 Å². The molecule has 0 N–H and O–H groups in total. The van der Waals surface area contributed by atoms with Gasteiger partial charge in [0.15, 0.2) is 6.10 Å². The molecule has 40 heavy (non-hydrogen) atoms. The molecule has 3 aliphatic heterocycles. The van der Waals surface area contributed by atoms with Crippen LogP contribution >= 0.6 is 0 Å². The fraction of sp³-hybridized carbons (Fsp3) is 0.387. The third kappa shape index (κ3) is 7.04. The molecule has 3 saturated heterocycles. The summed E-state index contributed by atoms with van der Waals surface area (Å²) in [5.41, 5.74) is 0.830. The quantitative estimate of drug-likeness (QED) is 0.277. The van der Waals surface area contributed by atoms with Crippen LogP contribution in [0.2, 0.25) is 0 Å². The molecule has 3 aromatic rings. The number of fused-ring (bicyclic) bond motifs is 3. The predicted molar refractivity (Wildman–Crippen MR) is 145 cm³/mol. The van der Waals surface area contributed by atoms with Gasteiger partial charge in [-0.1, -0.05) is 30.3 Å². The van der Waals surface area contributed by atoms with Crippen molar-refractivity contribution in [3.05, 3.63) is 90.0 Å². The molecule has 214 valence electrons. The maximum absolute atomic E-state index is 14.8. The molecule has 0 saturated carbocycles. The smallest absolute Gasteiger partial charge is 0.415 e. The zero-order chi connectivity index (χ0) is 27.2. The van der Waals surface area contributed by atoms with Crippen LogP contribution in [0.5, 0.6) is 11.5 Å². The number of benzene rings is 3. The molecule has 6 rings (SSSR count). The molecule has 0 aromatic heterocycles. The van der Waals surface area contributed by atoms with Crippen molar-refractivity contribution in [2.24, 2.45) is 5.92 Å². The van der Waals surface area contributed by atoms with Gasteiger partial charge in [-0.2, -0.15) is 0 Å². The van der Waals surface area contributed by atoms with E-state index in [-0.39, 0.29) is 36.6 Å². The lowest BCUT2D eigenvalue weighted by Crippen LogP contribution is -3.00. The van der Waals surface area contributed by atoms with Crippen molar-refractivity contribution in [1.82, 2.24) is 0 Å². The van der Waals surface area contributed by atoms with Gasteiger partial charge in [0.25, 0.3) is 0 Å². The Kier molecular flexibility index (Phi) is 9.87. The average molecular weight is 573 g/mol. The molecule has 1 amide bonds. The number of halogens is 3. The highest BCUT2D eigenvalue weighted by molar-refractivity contribution is 5.87. The number of rotatable bonds is 10. The number of para-hydroxylation sites is 1. The van der Waals surface area contributed by atoms with Crippen LogP contribution in [0.4, 0.5) is 19.3 Å². The maximum atomic E-state index is 14.8. The van der Waals surface area contributed by atoms with Gasteiger partial charge in [-0.25, -0.2) is 13.6 Å². The molecular weight excluding hydrogens is 538 g/mol. The first-order valence-electron chi connectivity index (χ1n) is 13.5. The third-order valence-corrected chi connectivity index (χ3v) is 8.00. The summed E-state index contributed by atoms with van der Waals surface area (Å²) in [6.45, 7) is 4.49. The lowest BCUT2D eigenvalue weighted by atomic mass is 9.83. The zero-order valence-corrected chi connectivity index (χ0v) is 23.4. The molecule has 0 spiro atoms. The number of amides is 1. The van der Waals surface area contributed by atoms with Crippen LogP contribution in [-0.2, 0) is 11.3 Å². The van der Waals surface area contributed by atoms with Crippen LogP contribution in [-0.4, -0.2) is 56.6 Å². The van der Waals surface area contributed by atoms with Gasteiger partial charge >= 0.3 is 6.09 Å². The van der Waals surface area contributed by atoms with Crippen molar-refractivity contribution < 1.29 is 44.7 Å². The van der Waals surface area contributed by atoms with Gasteiger partial charge in [-0.3, -0.25) is 4.90 Å². The Hall–Kier alpha value is -3.36. The number of quaternary nitrogens is 1. The van der Waals surface area contributed by atoms with E-state index < -0.39 is 11.9 Å². The van der Waals surface area contributed by atoms with Crippen molar-refractivity contribution in [3.63, 3.8) is 0 Å². The van der Waals surface area contributed by atoms with Crippen LogP contribution in [0.25, 0.3) is 0 Å². The fourth-order valence-corrected chi connectivity index (χ4v) is 5.83. The lowest BCUT2D eigenvalue weighted by molar-refractivity contribution is -0.946. The molecule has 0 aliphatic carbocycles. The Balaban J connectivity index is 0.00000370. The van der Waals surface area contributed by atoms with Crippen molar-refractivity contribution >= 4 is 11.8 Å². The second-order valence-corrected chi connectivity index (χ2v) is 10.5. The molecular formula is C31H35ClF2N2O4. The van der Waals surface area contributed by atoms with Crippen LogP contribution in [0.3, 0.4) is 0 Å². The fourth-order valence-electron chi connectivity index (χ4n) is 5.83. The second-order valence-electron chi connectivity index (χ2n) is 10.5. The van der Waals surface area contributed by atoms with E-state index in [1.54, 1.807) is 37.4 Å². The number of hydrogen-bond donors (Lipinski definition) is 0. The zero-order valence-electron chi connectivity index (χ0n) is 22.6. The number of carbonyl (C=O) groups excluding carboxylic acids is 1. The van der Waals surface area contributed by atoms with E-state index in [1.807, 2.05) is 24.3 Å². The topological polar surface area (TPSA) is 48.0 Å². The average Bonchev–Trinajstić information content (AvgIpc) is 2.96. The van der Waals surface area contributed by atoms with Crippen LogP contribution < -0.4 is 26.8 Å². The summed E-state index contributed by atoms with van der Waals surface area (Å²) in [6, 6.07) is 19.6. The Bertz CT molecular complexity index is 1270. The van der Waals surface area contributed by atoms with E-state index in [0.717, 1.165) is 61.4 Å². The minimum atomic E-state index is -0.581. The number of carbonyl (C=O) groups is 1. The van der Waals surface area contributed by atoms with Crippen molar-refractivity contribution in [2.75, 3.05) is 44.8 Å². The molecule has 0 unspecified atom stereocenters. The Labute approximate surface area is 240 Å². The van der Waals surface area contributed by atoms with Crippen molar-refractivity contribution in [1.29, 1.82) is 0 Å². The first-order valence-corrected chi connectivity index (χ1v) is 13.5. The van der Waals surface area contributed by atoms with E-state index in [9.17, 15) is 13.6 Å². The van der Waals surface area contributed by atoms with Gasteiger partial charge in [-0.05, 0) is 42.0 Å². The molecule has 3 heterocycles. The van der Waals surface area contributed by atoms with Gasteiger partial charge in [-0.15, -0.1) is 0 Å². The highest BCUT2D eigenvalue weighted by Crippen LogP contribution is 2.36. The predicted octanol–water partition coefficient (Wildman–Crippen LogP) is 3.20. The molecule has 3 fully saturated rings. The monoisotopic (exact) mass is 572 g/mol. The number of piperidine rings is 3. The second kappa shape index (κ2) is 13.3. The minimum absolute atomic E-state index is 0. The first kappa shape index (κ1) is 29.6. The highest BCUT2D eigenvalue weighted by atomic mass is 35.5. The Morgan fingerprint density at radius 2 is 1.70 bits per heavy atom. The largest absolute Gasteiger partial charge is 1.00 e. The van der Waals surface area contributed by atoms with Gasteiger partial charge in [0.05, 0.1) is 45.6 Å².